The van der Waals surface area contributed by atoms with Crippen molar-refractivity contribution in [1.82, 2.24) is 19.9 Å². The van der Waals surface area contributed by atoms with Gasteiger partial charge in [0.1, 0.15) is 23.8 Å². The summed E-state index contributed by atoms with van der Waals surface area (Å²) < 4.78 is 11.2. The number of benzene rings is 1. The van der Waals surface area contributed by atoms with E-state index in [1.807, 2.05) is 18.2 Å². The molecule has 1 fully saturated rings. The number of hydrogen-bond donors (Lipinski definition) is 2. The van der Waals surface area contributed by atoms with Gasteiger partial charge >= 0.3 is 5.97 Å². The first-order valence-corrected chi connectivity index (χ1v) is 8.00. The smallest absolute Gasteiger partial charge is 0.338 e. The number of imidazole rings is 1. The molecule has 2 atom stereocenters. The second-order valence-electron chi connectivity index (χ2n) is 5.97. The van der Waals surface area contributed by atoms with Crippen molar-refractivity contribution in [3.63, 3.8) is 0 Å². The average Bonchev–Trinajstić information content (AvgIpc) is 3.28. The van der Waals surface area contributed by atoms with Crippen LogP contribution in [0.15, 0.2) is 36.7 Å². The van der Waals surface area contributed by atoms with Gasteiger partial charge in [-0.15, -0.1) is 0 Å². The Labute approximate surface area is 143 Å². The maximum atomic E-state index is 12.0. The third-order valence-corrected chi connectivity index (χ3v) is 4.18. The number of aromatic nitrogens is 4. The molecule has 3 heterocycles. The number of H-pyrrole nitrogens is 1. The van der Waals surface area contributed by atoms with Crippen LogP contribution in [0.1, 0.15) is 28.7 Å². The highest BCUT2D eigenvalue weighted by Crippen LogP contribution is 2.32. The zero-order valence-electron chi connectivity index (χ0n) is 13.4. The van der Waals surface area contributed by atoms with E-state index < -0.39 is 0 Å². The van der Waals surface area contributed by atoms with E-state index in [0.717, 1.165) is 0 Å². The molecule has 0 unspecified atom stereocenters. The molecule has 0 aliphatic carbocycles. The van der Waals surface area contributed by atoms with E-state index in [9.17, 15) is 4.79 Å². The van der Waals surface area contributed by atoms with Crippen LogP contribution in [-0.2, 0) is 9.47 Å². The lowest BCUT2D eigenvalue weighted by molar-refractivity contribution is 0.0419. The quantitative estimate of drug-likeness (QED) is 0.697. The van der Waals surface area contributed by atoms with Crippen molar-refractivity contribution in [2.24, 2.45) is 5.92 Å². The van der Waals surface area contributed by atoms with E-state index in [2.05, 4.69) is 19.9 Å². The molecular weight excluding hydrogens is 322 g/mol. The molecule has 3 aromatic rings. The fraction of sp³-hybridized carbons (Fsp3) is 0.294. The molecule has 0 spiro atoms. The minimum atomic E-state index is -0.323. The van der Waals surface area contributed by atoms with Gasteiger partial charge in [-0.2, -0.15) is 0 Å². The number of aromatic amines is 1. The number of nitrogens with two attached hydrogens (primary N) is 1. The molecule has 128 valence electrons. The van der Waals surface area contributed by atoms with Gasteiger partial charge in [0, 0.05) is 5.92 Å². The van der Waals surface area contributed by atoms with Crippen molar-refractivity contribution in [3.05, 3.63) is 48.0 Å². The van der Waals surface area contributed by atoms with Crippen LogP contribution in [0.3, 0.4) is 0 Å². The number of nitrogens with one attached hydrogen (secondary N) is 1. The molecule has 0 saturated carbocycles. The fourth-order valence-electron chi connectivity index (χ4n) is 2.87. The zero-order chi connectivity index (χ0) is 17.2. The van der Waals surface area contributed by atoms with Crippen molar-refractivity contribution in [3.8, 4) is 0 Å². The van der Waals surface area contributed by atoms with Crippen LogP contribution >= 0.6 is 0 Å². The Balaban J connectivity index is 1.38. The summed E-state index contributed by atoms with van der Waals surface area (Å²) in [6, 6.07) is 8.94. The standard InChI is InChI=1S/C17H17N5O3/c18-14-13-16(20-9-19-14)22-15(21-13)12-6-10(7-24-12)8-25-17(23)11-4-2-1-3-5-11/h1-5,9-10,12H,6-8H2,(H3,18,19,20,21,22)/t10-,12-/m1/s1. The lowest BCUT2D eigenvalue weighted by atomic mass is 10.1. The molecule has 0 radical (unpaired) electrons. The SMILES string of the molecule is Nc1ncnc2nc([C@H]3C[C@@H](COC(=O)c4ccccc4)CO3)[nH]c12. The summed E-state index contributed by atoms with van der Waals surface area (Å²) in [5, 5.41) is 0. The summed E-state index contributed by atoms with van der Waals surface area (Å²) in [5.74, 6) is 0.819. The number of anilines is 1. The van der Waals surface area contributed by atoms with Crippen molar-refractivity contribution < 1.29 is 14.3 Å². The topological polar surface area (TPSA) is 116 Å². The summed E-state index contributed by atoms with van der Waals surface area (Å²) in [6.07, 6.45) is 1.88. The van der Waals surface area contributed by atoms with Crippen LogP contribution in [0, 0.1) is 5.92 Å². The fourth-order valence-corrected chi connectivity index (χ4v) is 2.87. The Morgan fingerprint density at radius 1 is 1.32 bits per heavy atom. The number of hydrogen-bond acceptors (Lipinski definition) is 7. The summed E-state index contributed by atoms with van der Waals surface area (Å²) in [4.78, 5) is 27.6. The average molecular weight is 339 g/mol. The molecular formula is C17H17N5O3. The third kappa shape index (κ3) is 3.16. The number of rotatable bonds is 4. The number of fused-ring (bicyclic) bond motifs is 1. The Bertz CT molecular complexity index is 896. The molecule has 3 N–H and O–H groups in total. The van der Waals surface area contributed by atoms with Crippen LogP contribution in [0.2, 0.25) is 0 Å². The molecule has 25 heavy (non-hydrogen) atoms. The summed E-state index contributed by atoms with van der Waals surface area (Å²) in [7, 11) is 0. The van der Waals surface area contributed by atoms with Crippen LogP contribution in [-0.4, -0.2) is 39.1 Å². The number of ether oxygens (including phenoxy) is 2. The Morgan fingerprint density at radius 3 is 2.96 bits per heavy atom. The summed E-state index contributed by atoms with van der Waals surface area (Å²) >= 11 is 0. The van der Waals surface area contributed by atoms with E-state index in [-0.39, 0.29) is 18.0 Å². The van der Waals surface area contributed by atoms with E-state index in [1.165, 1.54) is 6.33 Å². The first-order chi connectivity index (χ1) is 12.2. The molecule has 8 heteroatoms. The van der Waals surface area contributed by atoms with Gasteiger partial charge in [-0.1, -0.05) is 18.2 Å². The van der Waals surface area contributed by atoms with E-state index >= 15 is 0 Å². The molecule has 1 aromatic carbocycles. The number of esters is 1. The molecule has 1 aliphatic rings. The molecule has 1 saturated heterocycles. The van der Waals surface area contributed by atoms with Gasteiger partial charge < -0.3 is 20.2 Å². The maximum absolute atomic E-state index is 12.0. The molecule has 4 rings (SSSR count). The highest BCUT2D eigenvalue weighted by atomic mass is 16.5. The Morgan fingerprint density at radius 2 is 2.16 bits per heavy atom. The summed E-state index contributed by atoms with van der Waals surface area (Å²) in [5.41, 5.74) is 7.49. The molecule has 0 amide bonds. The lowest BCUT2D eigenvalue weighted by Crippen LogP contribution is -2.14. The first kappa shape index (κ1) is 15.5. The monoisotopic (exact) mass is 339 g/mol. The minimum absolute atomic E-state index is 0.120. The van der Waals surface area contributed by atoms with Crippen LogP contribution in [0.25, 0.3) is 11.2 Å². The zero-order valence-corrected chi connectivity index (χ0v) is 13.4. The van der Waals surface area contributed by atoms with Crippen molar-refractivity contribution >= 4 is 23.0 Å². The predicted molar refractivity (Wildman–Crippen MR) is 89.6 cm³/mol. The van der Waals surface area contributed by atoms with Crippen molar-refractivity contribution in [1.29, 1.82) is 0 Å². The Hall–Kier alpha value is -3.00. The van der Waals surface area contributed by atoms with Gasteiger partial charge in [-0.25, -0.2) is 19.7 Å². The number of carbonyl (C=O) groups is 1. The molecule has 0 bridgehead atoms. The number of nitrogen functional groups attached to an aromatic ring is 1. The minimum Gasteiger partial charge on any atom is -0.462 e. The van der Waals surface area contributed by atoms with Gasteiger partial charge in [0.05, 0.1) is 18.8 Å². The maximum Gasteiger partial charge on any atom is 0.338 e. The van der Waals surface area contributed by atoms with Gasteiger partial charge in [-0.05, 0) is 18.6 Å². The van der Waals surface area contributed by atoms with Crippen LogP contribution in [0.4, 0.5) is 5.82 Å². The Kier molecular flexibility index (Phi) is 4.02. The lowest BCUT2D eigenvalue weighted by Gasteiger charge is -2.09. The van der Waals surface area contributed by atoms with Gasteiger partial charge in [-0.3, -0.25) is 0 Å². The van der Waals surface area contributed by atoms with E-state index in [1.54, 1.807) is 12.1 Å². The number of nitrogens with zero attached hydrogens (tertiary/aromatic N) is 3. The third-order valence-electron chi connectivity index (χ3n) is 4.18. The second kappa shape index (κ2) is 6.48. The van der Waals surface area contributed by atoms with Gasteiger partial charge in [0.2, 0.25) is 0 Å². The normalized spacial score (nSPS) is 20.0. The predicted octanol–water partition coefficient (Wildman–Crippen LogP) is 1.87. The van der Waals surface area contributed by atoms with Crippen molar-refractivity contribution in [2.45, 2.75) is 12.5 Å². The van der Waals surface area contributed by atoms with E-state index in [0.29, 0.717) is 48.0 Å². The van der Waals surface area contributed by atoms with Crippen molar-refractivity contribution in [2.75, 3.05) is 18.9 Å². The second-order valence-corrected chi connectivity index (χ2v) is 5.97. The molecule has 2 aromatic heterocycles. The molecule has 1 aliphatic heterocycles. The summed E-state index contributed by atoms with van der Waals surface area (Å²) in [6.45, 7) is 0.817. The first-order valence-electron chi connectivity index (χ1n) is 8.00. The van der Waals surface area contributed by atoms with Gasteiger partial charge in [0.25, 0.3) is 0 Å². The van der Waals surface area contributed by atoms with Gasteiger partial charge in [0.15, 0.2) is 11.5 Å². The largest absolute Gasteiger partial charge is 0.462 e. The highest BCUT2D eigenvalue weighted by Gasteiger charge is 2.30. The van der Waals surface area contributed by atoms with E-state index in [4.69, 9.17) is 15.2 Å². The molecule has 8 nitrogen and oxygen atoms in total. The number of carbonyl (C=O) groups excluding carboxylic acids is 1. The van der Waals surface area contributed by atoms with Crippen LogP contribution in [0.5, 0.6) is 0 Å². The van der Waals surface area contributed by atoms with Crippen LogP contribution < -0.4 is 5.73 Å². The highest BCUT2D eigenvalue weighted by molar-refractivity contribution is 5.89.